The van der Waals surface area contributed by atoms with Crippen LogP contribution in [0.25, 0.3) is 0 Å². The zero-order valence-electron chi connectivity index (χ0n) is 15.7. The van der Waals surface area contributed by atoms with Gasteiger partial charge in [-0.3, -0.25) is 9.00 Å². The molecule has 0 spiro atoms. The van der Waals surface area contributed by atoms with Crippen molar-refractivity contribution < 1.29 is 9.00 Å². The normalized spacial score (nSPS) is 13.8. The third-order valence-corrected chi connectivity index (χ3v) is 4.70. The van der Waals surface area contributed by atoms with Crippen LogP contribution < -0.4 is 0 Å². The van der Waals surface area contributed by atoms with Crippen LogP contribution in [0.1, 0.15) is 83.1 Å². The molecule has 0 aliphatic rings. The molecule has 0 aliphatic carbocycles. The minimum atomic E-state index is -0.755. The molecule has 0 saturated heterocycles. The molecule has 2 nitrogen and oxygen atoms in total. The Bertz CT molecular complexity index is 273. The molecule has 0 amide bonds. The average Bonchev–Trinajstić information content (AvgIpc) is 2.10. The lowest BCUT2D eigenvalue weighted by molar-refractivity contribution is -0.134. The molecule has 20 heavy (non-hydrogen) atoms. The fourth-order valence-corrected chi connectivity index (χ4v) is 3.88. The van der Waals surface area contributed by atoms with Crippen molar-refractivity contribution in [2.45, 2.75) is 92.6 Å². The van der Waals surface area contributed by atoms with E-state index < -0.39 is 10.8 Å². The Morgan fingerprint density at radius 3 is 0.800 bits per heavy atom. The maximum Gasteiger partial charge on any atom is 0.143 e. The monoisotopic (exact) mass is 304 g/mol. The van der Waals surface area contributed by atoms with Gasteiger partial charge in [-0.25, -0.2) is 0 Å². The molecular weight excluding hydrogens is 268 g/mol. The van der Waals surface area contributed by atoms with Crippen LogP contribution in [-0.4, -0.2) is 19.5 Å². The Kier molecular flexibility index (Phi) is 7.43. The summed E-state index contributed by atoms with van der Waals surface area (Å²) in [6, 6.07) is 0. The molecule has 0 rings (SSSR count). The van der Waals surface area contributed by atoms with Crippen molar-refractivity contribution in [3.8, 4) is 0 Å². The molecule has 0 aliphatic heterocycles. The highest BCUT2D eigenvalue weighted by Gasteiger charge is 2.31. The summed E-state index contributed by atoms with van der Waals surface area (Å²) >= 11 is 0. The quantitative estimate of drug-likeness (QED) is 0.632. The molecule has 0 fully saturated rings. The first-order valence-corrected chi connectivity index (χ1v) is 8.43. The van der Waals surface area contributed by atoms with Crippen molar-refractivity contribution in [1.29, 1.82) is 0 Å². The summed E-state index contributed by atoms with van der Waals surface area (Å²) in [6.45, 7) is 23.8. The molecule has 0 unspecified atom stereocenters. The van der Waals surface area contributed by atoms with E-state index in [9.17, 15) is 9.00 Å². The van der Waals surface area contributed by atoms with Gasteiger partial charge >= 0.3 is 0 Å². The topological polar surface area (TPSA) is 34.1 Å². The summed E-state index contributed by atoms with van der Waals surface area (Å²) in [7, 11) is -0.755. The molecular formula is C17H36O2S. The van der Waals surface area contributed by atoms with Crippen LogP contribution in [0.15, 0.2) is 0 Å². The van der Waals surface area contributed by atoms with Crippen LogP contribution in [0.3, 0.4) is 0 Å². The number of ketones is 1. The SMILES string of the molecule is CC(C)(C)C(=O)C(C)(C)C.CC(C)(C)S(=O)C(C)(C)C. The van der Waals surface area contributed by atoms with Gasteiger partial charge < -0.3 is 0 Å². The Morgan fingerprint density at radius 1 is 0.600 bits per heavy atom. The fourth-order valence-electron chi connectivity index (χ4n) is 2.04. The van der Waals surface area contributed by atoms with Gasteiger partial charge in [-0.05, 0) is 41.5 Å². The molecule has 0 aromatic rings. The van der Waals surface area contributed by atoms with E-state index in [1.54, 1.807) is 0 Å². The zero-order chi connectivity index (χ0) is 17.2. The van der Waals surface area contributed by atoms with Crippen molar-refractivity contribution in [2.75, 3.05) is 0 Å². The van der Waals surface area contributed by atoms with E-state index in [-0.39, 0.29) is 20.3 Å². The Morgan fingerprint density at radius 2 is 0.800 bits per heavy atom. The number of Topliss-reactive ketones (excluding diaryl/α,β-unsaturated/α-hetero) is 1. The second kappa shape index (κ2) is 6.72. The van der Waals surface area contributed by atoms with Gasteiger partial charge in [0.25, 0.3) is 0 Å². The van der Waals surface area contributed by atoms with Gasteiger partial charge in [-0.2, -0.15) is 0 Å². The Labute approximate surface area is 129 Å². The number of hydrogen-bond acceptors (Lipinski definition) is 2. The van der Waals surface area contributed by atoms with E-state index in [2.05, 4.69) is 0 Å². The van der Waals surface area contributed by atoms with E-state index >= 15 is 0 Å². The molecule has 0 bridgehead atoms. The molecule has 0 saturated carbocycles. The van der Waals surface area contributed by atoms with E-state index in [0.717, 1.165) is 0 Å². The van der Waals surface area contributed by atoms with Crippen molar-refractivity contribution >= 4 is 16.6 Å². The lowest BCUT2D eigenvalue weighted by Crippen LogP contribution is -2.35. The lowest BCUT2D eigenvalue weighted by Gasteiger charge is -2.28. The van der Waals surface area contributed by atoms with Gasteiger partial charge in [0.1, 0.15) is 5.78 Å². The van der Waals surface area contributed by atoms with Gasteiger partial charge in [-0.15, -0.1) is 0 Å². The van der Waals surface area contributed by atoms with Crippen molar-refractivity contribution in [2.24, 2.45) is 10.8 Å². The summed E-state index contributed by atoms with van der Waals surface area (Å²) in [5.74, 6) is 0.319. The highest BCUT2D eigenvalue weighted by molar-refractivity contribution is 7.87. The van der Waals surface area contributed by atoms with Crippen molar-refractivity contribution in [3.63, 3.8) is 0 Å². The summed E-state index contributed by atoms with van der Waals surface area (Å²) in [6.07, 6.45) is 0. The van der Waals surface area contributed by atoms with E-state index in [0.29, 0.717) is 5.78 Å². The predicted octanol–water partition coefficient (Wildman–Crippen LogP) is 4.98. The predicted molar refractivity (Wildman–Crippen MR) is 91.6 cm³/mol. The zero-order valence-corrected chi connectivity index (χ0v) is 16.5. The van der Waals surface area contributed by atoms with E-state index in [1.165, 1.54) is 0 Å². The van der Waals surface area contributed by atoms with Crippen molar-refractivity contribution in [1.82, 2.24) is 0 Å². The fraction of sp³-hybridized carbons (Fsp3) is 0.941. The van der Waals surface area contributed by atoms with Crippen LogP contribution in [0.5, 0.6) is 0 Å². The maximum absolute atomic E-state index is 11.6. The number of rotatable bonds is 0. The van der Waals surface area contributed by atoms with Crippen LogP contribution in [-0.2, 0) is 15.6 Å². The lowest BCUT2D eigenvalue weighted by atomic mass is 9.76. The van der Waals surface area contributed by atoms with Crippen LogP contribution in [0.4, 0.5) is 0 Å². The van der Waals surface area contributed by atoms with Gasteiger partial charge in [0, 0.05) is 31.1 Å². The smallest absolute Gasteiger partial charge is 0.143 e. The van der Waals surface area contributed by atoms with Crippen molar-refractivity contribution in [3.05, 3.63) is 0 Å². The van der Waals surface area contributed by atoms with Gasteiger partial charge in [0.05, 0.1) is 0 Å². The first-order chi connectivity index (χ1) is 8.31. The summed E-state index contributed by atoms with van der Waals surface area (Å²) in [5.41, 5.74) is -0.392. The summed E-state index contributed by atoms with van der Waals surface area (Å²) < 4.78 is 11.4. The van der Waals surface area contributed by atoms with Gasteiger partial charge in [0.2, 0.25) is 0 Å². The third kappa shape index (κ3) is 8.89. The first kappa shape index (κ1) is 22.1. The molecule has 0 aromatic carbocycles. The number of carbonyl (C=O) groups is 1. The second-order valence-electron chi connectivity index (χ2n) is 9.32. The van der Waals surface area contributed by atoms with E-state index in [4.69, 9.17) is 0 Å². The first-order valence-electron chi connectivity index (χ1n) is 7.28. The van der Waals surface area contributed by atoms with Gasteiger partial charge in [0.15, 0.2) is 0 Å². The highest BCUT2D eigenvalue weighted by Crippen LogP contribution is 2.27. The summed E-state index contributed by atoms with van der Waals surface area (Å²) in [4.78, 5) is 11.5. The minimum Gasteiger partial charge on any atom is -0.299 e. The molecule has 122 valence electrons. The molecule has 0 N–H and O–H groups in total. The van der Waals surface area contributed by atoms with Gasteiger partial charge in [-0.1, -0.05) is 41.5 Å². The standard InChI is InChI=1S/C9H18O.C8H18OS/c1-8(2,3)7(10)9(4,5)6;1-7(2,3)10(9)8(4,5)6/h2*1-6H3. The third-order valence-electron chi connectivity index (χ3n) is 2.47. The Balaban J connectivity index is 0. The van der Waals surface area contributed by atoms with Crippen LogP contribution in [0, 0.1) is 10.8 Å². The van der Waals surface area contributed by atoms with Crippen LogP contribution in [0.2, 0.25) is 0 Å². The average molecular weight is 305 g/mol. The van der Waals surface area contributed by atoms with Crippen LogP contribution >= 0.6 is 0 Å². The number of carbonyl (C=O) groups excluding carboxylic acids is 1. The molecule has 0 aromatic heterocycles. The minimum absolute atomic E-state index is 0.0851. The highest BCUT2D eigenvalue weighted by atomic mass is 32.2. The maximum atomic E-state index is 11.6. The Hall–Kier alpha value is -0.180. The second-order valence-corrected chi connectivity index (χ2v) is 12.3. The number of hydrogen-bond donors (Lipinski definition) is 0. The summed E-state index contributed by atoms with van der Waals surface area (Å²) in [5, 5.41) is 0. The molecule has 0 atom stereocenters. The largest absolute Gasteiger partial charge is 0.299 e. The molecule has 3 heteroatoms. The molecule has 0 radical (unpaired) electrons. The van der Waals surface area contributed by atoms with E-state index in [1.807, 2.05) is 83.1 Å². The molecule has 0 heterocycles.